The molecule has 1 saturated heterocycles. The van der Waals surface area contributed by atoms with Crippen LogP contribution >= 0.6 is 11.8 Å². The lowest BCUT2D eigenvalue weighted by molar-refractivity contribution is -0.0809. The Hall–Kier alpha value is -0.710. The van der Waals surface area contributed by atoms with Crippen molar-refractivity contribution in [2.45, 2.75) is 39.2 Å². The van der Waals surface area contributed by atoms with E-state index < -0.39 is 5.60 Å². The molecule has 0 aromatic carbocycles. The lowest BCUT2D eigenvalue weighted by Crippen LogP contribution is -2.64. The quantitative estimate of drug-likeness (QED) is 0.588. The molecule has 18 heavy (non-hydrogen) atoms. The molecule has 1 aliphatic carbocycles. The molecule has 2 fully saturated rings. The van der Waals surface area contributed by atoms with Gasteiger partial charge in [0.05, 0.1) is 5.04 Å². The molecule has 1 aliphatic heterocycles. The second-order valence-corrected chi connectivity index (χ2v) is 7.36. The summed E-state index contributed by atoms with van der Waals surface area (Å²) in [6.07, 6.45) is 3.88. The topological polar surface area (TPSA) is 53.4 Å². The van der Waals surface area contributed by atoms with E-state index in [9.17, 15) is 4.79 Å². The van der Waals surface area contributed by atoms with E-state index in [0.717, 1.165) is 31.0 Å². The highest BCUT2D eigenvalue weighted by atomic mass is 32.2. The molecule has 1 amide bonds. The molecule has 4 nitrogen and oxygen atoms in total. The Labute approximate surface area is 113 Å². The minimum atomic E-state index is -0.414. The molecule has 1 saturated carbocycles. The van der Waals surface area contributed by atoms with Gasteiger partial charge in [0.15, 0.2) is 0 Å². The van der Waals surface area contributed by atoms with Crippen molar-refractivity contribution in [3.8, 4) is 0 Å². The maximum atomic E-state index is 11.8. The van der Waals surface area contributed by atoms with Gasteiger partial charge in [0.25, 0.3) is 0 Å². The summed E-state index contributed by atoms with van der Waals surface area (Å²) in [5.74, 6) is 0.431. The van der Waals surface area contributed by atoms with Gasteiger partial charge in [-0.15, -0.1) is 11.8 Å². The number of rotatable bonds is 1. The van der Waals surface area contributed by atoms with Gasteiger partial charge in [-0.05, 0) is 39.9 Å². The zero-order valence-electron chi connectivity index (χ0n) is 11.6. The Balaban J connectivity index is 1.75. The van der Waals surface area contributed by atoms with E-state index in [0.29, 0.717) is 11.3 Å². The molecule has 1 heterocycles. The van der Waals surface area contributed by atoms with Crippen molar-refractivity contribution in [1.29, 1.82) is 5.41 Å². The van der Waals surface area contributed by atoms with E-state index in [-0.39, 0.29) is 6.09 Å². The first-order valence-corrected chi connectivity index (χ1v) is 7.57. The fourth-order valence-corrected chi connectivity index (χ4v) is 3.31. The average molecular weight is 270 g/mol. The number of carbonyl (C=O) groups is 1. The lowest BCUT2D eigenvalue weighted by Gasteiger charge is -2.58. The molecule has 0 atom stereocenters. The third-order valence-electron chi connectivity index (χ3n) is 3.65. The molecular weight excluding hydrogens is 248 g/mol. The number of hydrogen-bond donors (Lipinski definition) is 1. The van der Waals surface area contributed by atoms with Crippen molar-refractivity contribution in [1.82, 2.24) is 4.90 Å². The van der Waals surface area contributed by atoms with Crippen LogP contribution in [0.15, 0.2) is 0 Å². The third-order valence-corrected chi connectivity index (χ3v) is 4.43. The molecule has 0 bridgehead atoms. The van der Waals surface area contributed by atoms with E-state index in [1.807, 2.05) is 27.0 Å². The Morgan fingerprint density at radius 2 is 1.94 bits per heavy atom. The zero-order chi connectivity index (χ0) is 13.6. The molecule has 2 aliphatic rings. The van der Waals surface area contributed by atoms with Gasteiger partial charge in [-0.3, -0.25) is 5.41 Å². The molecule has 0 radical (unpaired) electrons. The van der Waals surface area contributed by atoms with Gasteiger partial charge >= 0.3 is 6.09 Å². The van der Waals surface area contributed by atoms with Gasteiger partial charge in [-0.2, -0.15) is 0 Å². The Morgan fingerprint density at radius 1 is 1.39 bits per heavy atom. The van der Waals surface area contributed by atoms with Crippen LogP contribution in [0.2, 0.25) is 0 Å². The molecule has 1 spiro atoms. The maximum Gasteiger partial charge on any atom is 0.410 e. The number of nitrogens with zero attached hydrogens (tertiary/aromatic N) is 1. The molecular formula is C13H22N2O2S. The van der Waals surface area contributed by atoms with Crippen LogP contribution in [0.4, 0.5) is 4.79 Å². The van der Waals surface area contributed by atoms with Crippen LogP contribution in [0, 0.1) is 16.7 Å². The molecule has 5 heteroatoms. The van der Waals surface area contributed by atoms with Crippen LogP contribution in [0.5, 0.6) is 0 Å². The van der Waals surface area contributed by atoms with Gasteiger partial charge < -0.3 is 9.64 Å². The van der Waals surface area contributed by atoms with Crippen LogP contribution in [0.3, 0.4) is 0 Å². The standard InChI is InChI=1S/C13H22N2O2S/c1-12(2,3)17-11(16)15-7-13(8-15)5-9(6-13)10(14)18-4/h9,14H,5-8H2,1-4H3. The summed E-state index contributed by atoms with van der Waals surface area (Å²) in [6, 6.07) is 0. The van der Waals surface area contributed by atoms with Gasteiger partial charge in [0.1, 0.15) is 5.60 Å². The maximum absolute atomic E-state index is 11.8. The number of hydrogen-bond acceptors (Lipinski definition) is 4. The first-order chi connectivity index (χ1) is 8.25. The van der Waals surface area contributed by atoms with Gasteiger partial charge in [-0.25, -0.2) is 4.79 Å². The predicted molar refractivity (Wildman–Crippen MR) is 74.2 cm³/mol. The summed E-state index contributed by atoms with van der Waals surface area (Å²) >= 11 is 1.54. The number of amides is 1. The lowest BCUT2D eigenvalue weighted by atomic mass is 9.58. The highest BCUT2D eigenvalue weighted by molar-refractivity contribution is 8.13. The summed E-state index contributed by atoms with van der Waals surface area (Å²) in [4.78, 5) is 13.6. The summed E-state index contributed by atoms with van der Waals surface area (Å²) < 4.78 is 5.34. The van der Waals surface area contributed by atoms with Crippen molar-refractivity contribution < 1.29 is 9.53 Å². The van der Waals surface area contributed by atoms with E-state index >= 15 is 0 Å². The van der Waals surface area contributed by atoms with Crippen molar-refractivity contribution in [3.63, 3.8) is 0 Å². The van der Waals surface area contributed by atoms with E-state index in [1.165, 1.54) is 11.8 Å². The average Bonchev–Trinajstić information content (AvgIpc) is 2.09. The highest BCUT2D eigenvalue weighted by Gasteiger charge is 2.55. The Morgan fingerprint density at radius 3 is 2.39 bits per heavy atom. The second-order valence-electron chi connectivity index (χ2n) is 6.51. The van der Waals surface area contributed by atoms with E-state index in [1.54, 1.807) is 4.90 Å². The van der Waals surface area contributed by atoms with Crippen LogP contribution in [0.25, 0.3) is 0 Å². The van der Waals surface area contributed by atoms with E-state index in [2.05, 4.69) is 0 Å². The molecule has 2 rings (SSSR count). The van der Waals surface area contributed by atoms with Crippen LogP contribution in [-0.4, -0.2) is 41.0 Å². The van der Waals surface area contributed by atoms with Crippen molar-refractivity contribution in [2.24, 2.45) is 11.3 Å². The summed E-state index contributed by atoms with van der Waals surface area (Å²) in [6.45, 7) is 7.28. The first-order valence-electron chi connectivity index (χ1n) is 6.35. The smallest absolute Gasteiger partial charge is 0.410 e. The van der Waals surface area contributed by atoms with Crippen molar-refractivity contribution in [2.75, 3.05) is 19.3 Å². The molecule has 1 N–H and O–H groups in total. The largest absolute Gasteiger partial charge is 0.444 e. The summed E-state index contributed by atoms with van der Waals surface area (Å²) in [5.41, 5.74) is -0.118. The number of thioether (sulfide) groups is 1. The van der Waals surface area contributed by atoms with Crippen LogP contribution < -0.4 is 0 Å². The van der Waals surface area contributed by atoms with Crippen molar-refractivity contribution >= 4 is 22.9 Å². The number of carbonyl (C=O) groups excluding carboxylic acids is 1. The Bertz CT molecular complexity index is 362. The number of likely N-dealkylation sites (tertiary alicyclic amines) is 1. The predicted octanol–water partition coefficient (Wildman–Crippen LogP) is 2.97. The minimum Gasteiger partial charge on any atom is -0.444 e. The molecule has 0 unspecified atom stereocenters. The zero-order valence-corrected chi connectivity index (χ0v) is 12.4. The van der Waals surface area contributed by atoms with Gasteiger partial charge in [-0.1, -0.05) is 0 Å². The highest BCUT2D eigenvalue weighted by Crippen LogP contribution is 2.53. The van der Waals surface area contributed by atoms with Gasteiger partial charge in [0, 0.05) is 24.4 Å². The van der Waals surface area contributed by atoms with Crippen LogP contribution in [-0.2, 0) is 4.74 Å². The summed E-state index contributed by atoms with van der Waals surface area (Å²) in [5, 5.41) is 8.57. The third kappa shape index (κ3) is 2.66. The number of ether oxygens (including phenoxy) is 1. The second kappa shape index (κ2) is 4.44. The fourth-order valence-electron chi connectivity index (χ4n) is 2.81. The molecule has 0 aromatic heterocycles. The fraction of sp³-hybridized carbons (Fsp3) is 0.846. The molecule has 102 valence electrons. The normalized spacial score (nSPS) is 22.3. The van der Waals surface area contributed by atoms with Crippen molar-refractivity contribution in [3.05, 3.63) is 0 Å². The van der Waals surface area contributed by atoms with Crippen LogP contribution in [0.1, 0.15) is 33.6 Å². The Kier molecular flexibility index (Phi) is 3.38. The first kappa shape index (κ1) is 13.7. The van der Waals surface area contributed by atoms with E-state index in [4.69, 9.17) is 10.1 Å². The minimum absolute atomic E-state index is 0.198. The van der Waals surface area contributed by atoms with Gasteiger partial charge in [0.2, 0.25) is 0 Å². The summed E-state index contributed by atoms with van der Waals surface area (Å²) in [7, 11) is 0. The monoisotopic (exact) mass is 270 g/mol. The SMILES string of the molecule is CSC(=N)C1CC2(C1)CN(C(=O)OC(C)(C)C)C2. The molecule has 0 aromatic rings. The number of nitrogens with one attached hydrogen (secondary N) is 1.